The fourth-order valence-corrected chi connectivity index (χ4v) is 0. The van der Waals surface area contributed by atoms with Gasteiger partial charge in [0.1, 0.15) is 0 Å². The van der Waals surface area contributed by atoms with Gasteiger partial charge in [-0.25, -0.2) is 4.76 Å². The van der Waals surface area contributed by atoms with Gasteiger partial charge in [0.2, 0.25) is 0 Å². The van der Waals surface area contributed by atoms with Gasteiger partial charge in [-0.15, -0.1) is 0 Å². The number of nitrogens with zero attached hydrogens (tertiary/aromatic N) is 1. The van der Waals surface area contributed by atoms with Crippen LogP contribution in [0.5, 0.6) is 0 Å². The largest absolute Gasteiger partial charge is 0.244 e. The molecule has 0 N–H and O–H groups in total. The van der Waals surface area contributed by atoms with Gasteiger partial charge in [-0.05, 0) is 6.72 Å². The molecule has 0 aliphatic carbocycles. The second-order valence-corrected chi connectivity index (χ2v) is 0.849. The summed E-state index contributed by atoms with van der Waals surface area (Å²) < 4.78 is 3.35. The summed E-state index contributed by atoms with van der Waals surface area (Å²) in [7, 11) is 0.762. The van der Waals surface area contributed by atoms with Crippen LogP contribution in [0.25, 0.3) is 0 Å². The second kappa shape index (κ2) is 2.84. The van der Waals surface area contributed by atoms with Crippen molar-refractivity contribution in [1.82, 2.24) is 0 Å². The lowest BCUT2D eigenvalue weighted by atomic mass is 11.8. The van der Waals surface area contributed by atoms with E-state index in [2.05, 4.69) is 17.8 Å². The molecule has 0 fully saturated rings. The molecule has 0 aromatic rings. The highest BCUT2D eigenvalue weighted by molar-refractivity contribution is 7.35. The predicted molar refractivity (Wildman–Crippen MR) is 23.6 cm³/mol. The molecule has 4 heavy (non-hydrogen) atoms. The molecule has 0 aromatic heterocycles. The van der Waals surface area contributed by atoms with E-state index in [0.717, 1.165) is 8.35 Å². The maximum atomic E-state index is 3.35. The van der Waals surface area contributed by atoms with Crippen molar-refractivity contribution in [2.45, 2.75) is 0 Å². The first kappa shape index (κ1) is 3.84. The van der Waals surface area contributed by atoms with Crippen molar-refractivity contribution >= 4 is 21.4 Å². The molecule has 0 bridgehead atoms. The van der Waals surface area contributed by atoms with Crippen molar-refractivity contribution in [1.29, 1.82) is 0 Å². The SMILES string of the molecule is C=NP=C. The normalized spacial score (nSPS) is 7.00. The summed E-state index contributed by atoms with van der Waals surface area (Å²) in [6.07, 6.45) is 3.35. The van der Waals surface area contributed by atoms with Crippen molar-refractivity contribution in [2.24, 2.45) is 4.76 Å². The first-order chi connectivity index (χ1) is 1.91. The zero-order chi connectivity index (χ0) is 3.41. The summed E-state index contributed by atoms with van der Waals surface area (Å²) in [6.45, 7) is 3.15. The van der Waals surface area contributed by atoms with Gasteiger partial charge in [-0.3, -0.25) is 0 Å². The van der Waals surface area contributed by atoms with E-state index < -0.39 is 0 Å². The first-order valence-corrected chi connectivity index (χ1v) is 1.86. The van der Waals surface area contributed by atoms with E-state index >= 15 is 0 Å². The maximum absolute atomic E-state index is 3.35. The smallest absolute Gasteiger partial charge is 0.0285 e. The van der Waals surface area contributed by atoms with Crippen LogP contribution in [0.15, 0.2) is 4.76 Å². The molecule has 0 heterocycles. The molecule has 0 unspecified atom stereocenters. The molecule has 0 atom stereocenters. The van der Waals surface area contributed by atoms with E-state index in [1.807, 2.05) is 0 Å². The van der Waals surface area contributed by atoms with E-state index in [1.54, 1.807) is 0 Å². The van der Waals surface area contributed by atoms with Gasteiger partial charge >= 0.3 is 0 Å². The van der Waals surface area contributed by atoms with E-state index in [9.17, 15) is 0 Å². The number of rotatable bonds is 1. The monoisotopic (exact) mass is 73.0 g/mol. The van der Waals surface area contributed by atoms with Crippen LogP contribution < -0.4 is 0 Å². The zero-order valence-electron chi connectivity index (χ0n) is 2.31. The third kappa shape index (κ3) is 1.84. The summed E-state index contributed by atoms with van der Waals surface area (Å²) >= 11 is 0. The van der Waals surface area contributed by atoms with Crippen LogP contribution in [-0.4, -0.2) is 13.0 Å². The summed E-state index contributed by atoms with van der Waals surface area (Å²) in [4.78, 5) is 0. The molecule has 0 spiro atoms. The average molecular weight is 73.0 g/mol. The van der Waals surface area contributed by atoms with Gasteiger partial charge in [0.15, 0.2) is 0 Å². The van der Waals surface area contributed by atoms with Crippen molar-refractivity contribution in [3.05, 3.63) is 0 Å². The van der Waals surface area contributed by atoms with Crippen molar-refractivity contribution < 1.29 is 0 Å². The molecule has 0 aliphatic rings. The van der Waals surface area contributed by atoms with Gasteiger partial charge < -0.3 is 0 Å². The molecule has 0 amide bonds. The Labute approximate surface area is 27.2 Å². The minimum Gasteiger partial charge on any atom is -0.244 e. The lowest BCUT2D eigenvalue weighted by molar-refractivity contribution is 2.05. The Hall–Kier alpha value is -0.160. The molecular weight excluding hydrogens is 69.0 g/mol. The highest BCUT2D eigenvalue weighted by atomic mass is 31.1. The highest BCUT2D eigenvalue weighted by Gasteiger charge is 1.28. The summed E-state index contributed by atoms with van der Waals surface area (Å²) in [5.74, 6) is 0. The first-order valence-electron chi connectivity index (χ1n) is 0.832. The maximum Gasteiger partial charge on any atom is 0.0285 e. The van der Waals surface area contributed by atoms with E-state index in [4.69, 9.17) is 0 Å². The molecule has 0 radical (unpaired) electrons. The van der Waals surface area contributed by atoms with Gasteiger partial charge in [-0.1, -0.05) is 6.30 Å². The van der Waals surface area contributed by atoms with Crippen LogP contribution in [0.3, 0.4) is 0 Å². The van der Waals surface area contributed by atoms with Gasteiger partial charge in [0.25, 0.3) is 0 Å². The zero-order valence-corrected chi connectivity index (χ0v) is 3.20. The Morgan fingerprint density at radius 1 is 1.75 bits per heavy atom. The van der Waals surface area contributed by atoms with Gasteiger partial charge in [0, 0.05) is 8.35 Å². The Kier molecular flexibility index (Phi) is 2.73. The molecule has 2 heteroatoms. The van der Waals surface area contributed by atoms with Crippen molar-refractivity contribution in [3.8, 4) is 0 Å². The van der Waals surface area contributed by atoms with Crippen molar-refractivity contribution in [2.75, 3.05) is 0 Å². The molecule has 0 saturated carbocycles. The third-order valence-corrected chi connectivity index (χ3v) is 0.300. The van der Waals surface area contributed by atoms with Crippen LogP contribution in [-0.2, 0) is 0 Å². The standard InChI is InChI=1S/C2H4NP/c1-3-4-2/h1-2H2. The third-order valence-electron chi connectivity index (χ3n) is 0.1000. The lowest BCUT2D eigenvalue weighted by Crippen LogP contribution is -1.12. The molecule has 0 rings (SSSR count). The minimum absolute atomic E-state index is 0.762. The summed E-state index contributed by atoms with van der Waals surface area (Å²) in [5, 5.41) is 0. The number of hydrogen-bond acceptors (Lipinski definition) is 1. The molecule has 22 valence electrons. The lowest BCUT2D eigenvalue weighted by Gasteiger charge is -1.46. The van der Waals surface area contributed by atoms with E-state index in [0.29, 0.717) is 0 Å². The summed E-state index contributed by atoms with van der Waals surface area (Å²) in [6, 6.07) is 0. The highest BCUT2D eigenvalue weighted by Crippen LogP contribution is 1.82. The van der Waals surface area contributed by atoms with E-state index in [-0.39, 0.29) is 0 Å². The van der Waals surface area contributed by atoms with Gasteiger partial charge in [0.05, 0.1) is 0 Å². The predicted octanol–water partition coefficient (Wildman–Crippen LogP) is 0.980. The average Bonchev–Trinajstić information content (AvgIpc) is 1.37. The Bertz CT molecular complexity index is 27.0. The molecule has 0 aromatic carbocycles. The molecule has 0 aliphatic heterocycles. The quantitative estimate of drug-likeness (QED) is 0.324. The molecular formula is C2H4NP. The fraction of sp³-hybridized carbons (Fsp3) is 0. The van der Waals surface area contributed by atoms with Crippen LogP contribution in [0.1, 0.15) is 0 Å². The topological polar surface area (TPSA) is 12.4 Å². The molecule has 1 nitrogen and oxygen atoms in total. The Balaban J connectivity index is 2.73. The van der Waals surface area contributed by atoms with Crippen molar-refractivity contribution in [3.63, 3.8) is 0 Å². The molecule has 0 saturated heterocycles. The number of hydrogen-bond donors (Lipinski definition) is 0. The van der Waals surface area contributed by atoms with Gasteiger partial charge in [-0.2, -0.15) is 0 Å². The van der Waals surface area contributed by atoms with Crippen LogP contribution >= 0.6 is 8.35 Å². The Morgan fingerprint density at radius 3 is 2.00 bits per heavy atom. The Morgan fingerprint density at radius 2 is 2.00 bits per heavy atom. The second-order valence-electron chi connectivity index (χ2n) is 0.283. The fourth-order valence-electron chi connectivity index (χ4n) is 0. The van der Waals surface area contributed by atoms with Crippen LogP contribution in [0.2, 0.25) is 0 Å². The van der Waals surface area contributed by atoms with E-state index in [1.165, 1.54) is 0 Å². The summed E-state index contributed by atoms with van der Waals surface area (Å²) in [5.41, 5.74) is 0. The van der Waals surface area contributed by atoms with Crippen LogP contribution in [0.4, 0.5) is 0 Å². The minimum atomic E-state index is 0.762. The van der Waals surface area contributed by atoms with Crippen LogP contribution in [0, 0.1) is 0 Å².